The fourth-order valence-corrected chi connectivity index (χ4v) is 3.03. The lowest BCUT2D eigenvalue weighted by atomic mass is 10.1. The molecule has 1 aliphatic rings. The number of hydrogen-bond donors (Lipinski definition) is 1. The van der Waals surface area contributed by atoms with Crippen molar-refractivity contribution in [1.29, 1.82) is 0 Å². The first-order valence-corrected chi connectivity index (χ1v) is 8.04. The van der Waals surface area contributed by atoms with Gasteiger partial charge in [0.2, 0.25) is 5.91 Å². The van der Waals surface area contributed by atoms with Crippen molar-refractivity contribution in [1.82, 2.24) is 10.4 Å². The number of nitrogens with one attached hydrogen (secondary N) is 1. The monoisotopic (exact) mass is 315 g/mol. The van der Waals surface area contributed by atoms with Gasteiger partial charge in [-0.25, -0.2) is 5.43 Å². The molecule has 2 atom stereocenters. The predicted octanol–water partition coefficient (Wildman–Crippen LogP) is 3.49. The number of hydrazone groups is 1. The topological polar surface area (TPSA) is 54.4 Å². The summed E-state index contributed by atoms with van der Waals surface area (Å²) in [6.45, 7) is 0. The Kier molecular flexibility index (Phi) is 3.79. The molecule has 0 saturated heterocycles. The number of para-hydroxylation sites is 1. The normalized spacial score (nSPS) is 19.5. The van der Waals surface area contributed by atoms with E-state index in [2.05, 4.69) is 27.6 Å². The Morgan fingerprint density at radius 1 is 1.08 bits per heavy atom. The van der Waals surface area contributed by atoms with Crippen molar-refractivity contribution in [3.63, 3.8) is 0 Å². The van der Waals surface area contributed by atoms with E-state index >= 15 is 0 Å². The molecule has 1 aliphatic carbocycles. The maximum atomic E-state index is 12.2. The summed E-state index contributed by atoms with van der Waals surface area (Å²) in [4.78, 5) is 16.5. The molecular formula is C20H17N3O. The van der Waals surface area contributed by atoms with Gasteiger partial charge in [-0.1, -0.05) is 48.5 Å². The van der Waals surface area contributed by atoms with Crippen LogP contribution < -0.4 is 5.43 Å². The molecule has 2 aromatic carbocycles. The zero-order valence-electron chi connectivity index (χ0n) is 13.1. The third kappa shape index (κ3) is 2.91. The molecule has 0 aliphatic heterocycles. The van der Waals surface area contributed by atoms with Crippen LogP contribution in [0.1, 0.15) is 23.5 Å². The second-order valence-electron chi connectivity index (χ2n) is 6.01. The first-order chi connectivity index (χ1) is 11.8. The van der Waals surface area contributed by atoms with Crippen LogP contribution in [0, 0.1) is 5.92 Å². The standard InChI is InChI=1S/C20H17N3O/c24-20(18-12-17(18)14-6-2-1-3-7-14)23-22-13-15-10-11-21-19-9-5-4-8-16(15)19/h1-11,13,17-18H,12H2,(H,23,24)/b22-13+/t17-,18+/m1/s1. The van der Waals surface area contributed by atoms with Gasteiger partial charge in [-0.3, -0.25) is 9.78 Å². The zero-order valence-corrected chi connectivity index (χ0v) is 13.1. The smallest absolute Gasteiger partial charge is 0.243 e. The quantitative estimate of drug-likeness (QED) is 0.592. The van der Waals surface area contributed by atoms with Gasteiger partial charge in [-0.05, 0) is 30.0 Å². The second-order valence-corrected chi connectivity index (χ2v) is 6.01. The van der Waals surface area contributed by atoms with Crippen molar-refractivity contribution in [2.24, 2.45) is 11.0 Å². The molecule has 0 radical (unpaired) electrons. The Labute approximate surface area is 140 Å². The number of hydrogen-bond acceptors (Lipinski definition) is 3. The lowest BCUT2D eigenvalue weighted by Crippen LogP contribution is -2.20. The molecule has 118 valence electrons. The fraction of sp³-hybridized carbons (Fsp3) is 0.150. The van der Waals surface area contributed by atoms with Crippen LogP contribution in [0.15, 0.2) is 72.0 Å². The summed E-state index contributed by atoms with van der Waals surface area (Å²) < 4.78 is 0. The number of pyridine rings is 1. The largest absolute Gasteiger partial charge is 0.273 e. The summed E-state index contributed by atoms with van der Waals surface area (Å²) >= 11 is 0. The minimum absolute atomic E-state index is 0.0153. The molecule has 0 bridgehead atoms. The SMILES string of the molecule is O=C(N/N=C/c1ccnc2ccccc12)[C@H]1C[C@@H]1c1ccccc1. The van der Waals surface area contributed by atoms with E-state index in [9.17, 15) is 4.79 Å². The van der Waals surface area contributed by atoms with E-state index in [1.165, 1.54) is 5.56 Å². The van der Waals surface area contributed by atoms with Crippen LogP contribution in [-0.4, -0.2) is 17.1 Å². The van der Waals surface area contributed by atoms with Crippen LogP contribution in [0.2, 0.25) is 0 Å². The summed E-state index contributed by atoms with van der Waals surface area (Å²) in [5, 5.41) is 5.15. The average Bonchev–Trinajstić information content (AvgIpc) is 3.43. The molecule has 1 amide bonds. The molecule has 4 nitrogen and oxygen atoms in total. The third-order valence-corrected chi connectivity index (χ3v) is 4.42. The molecule has 4 heteroatoms. The van der Waals surface area contributed by atoms with Gasteiger partial charge in [0, 0.05) is 23.1 Å². The van der Waals surface area contributed by atoms with Crippen LogP contribution in [0.3, 0.4) is 0 Å². The highest BCUT2D eigenvalue weighted by Gasteiger charge is 2.43. The van der Waals surface area contributed by atoms with Gasteiger partial charge < -0.3 is 0 Å². The summed E-state index contributed by atoms with van der Waals surface area (Å²) in [7, 11) is 0. The first-order valence-electron chi connectivity index (χ1n) is 8.04. The number of carbonyl (C=O) groups is 1. The van der Waals surface area contributed by atoms with Gasteiger partial charge in [0.15, 0.2) is 0 Å². The van der Waals surface area contributed by atoms with Gasteiger partial charge in [0.25, 0.3) is 0 Å². The molecule has 1 N–H and O–H groups in total. The van der Waals surface area contributed by atoms with E-state index in [0.29, 0.717) is 5.92 Å². The first kappa shape index (κ1) is 14.6. The lowest BCUT2D eigenvalue weighted by molar-refractivity contribution is -0.122. The molecule has 1 fully saturated rings. The van der Waals surface area contributed by atoms with E-state index in [1.807, 2.05) is 48.5 Å². The second kappa shape index (κ2) is 6.24. The highest BCUT2D eigenvalue weighted by Crippen LogP contribution is 2.47. The lowest BCUT2D eigenvalue weighted by Gasteiger charge is -2.02. The number of carbonyl (C=O) groups excluding carboxylic acids is 1. The summed E-state index contributed by atoms with van der Waals surface area (Å²) in [6.07, 6.45) is 4.32. The maximum Gasteiger partial charge on any atom is 0.243 e. The molecule has 0 spiro atoms. The van der Waals surface area contributed by atoms with Gasteiger partial charge in [0.1, 0.15) is 0 Å². The van der Waals surface area contributed by atoms with Crippen LogP contribution >= 0.6 is 0 Å². The van der Waals surface area contributed by atoms with Gasteiger partial charge >= 0.3 is 0 Å². The van der Waals surface area contributed by atoms with Crippen molar-refractivity contribution in [3.8, 4) is 0 Å². The van der Waals surface area contributed by atoms with E-state index in [-0.39, 0.29) is 11.8 Å². The number of fused-ring (bicyclic) bond motifs is 1. The maximum absolute atomic E-state index is 12.2. The molecule has 4 rings (SSSR count). The Morgan fingerprint density at radius 3 is 2.75 bits per heavy atom. The average molecular weight is 315 g/mol. The highest BCUT2D eigenvalue weighted by atomic mass is 16.2. The molecule has 3 aromatic rings. The molecule has 1 saturated carbocycles. The van der Waals surface area contributed by atoms with Crippen LogP contribution in [0.4, 0.5) is 0 Å². The van der Waals surface area contributed by atoms with Crippen LogP contribution in [0.25, 0.3) is 10.9 Å². The highest BCUT2D eigenvalue weighted by molar-refractivity contribution is 5.98. The van der Waals surface area contributed by atoms with Crippen molar-refractivity contribution < 1.29 is 4.79 Å². The van der Waals surface area contributed by atoms with Crippen LogP contribution in [0.5, 0.6) is 0 Å². The number of nitrogens with zero attached hydrogens (tertiary/aromatic N) is 2. The van der Waals surface area contributed by atoms with Crippen molar-refractivity contribution >= 4 is 23.0 Å². The Balaban J connectivity index is 1.42. The number of rotatable bonds is 4. The molecular weight excluding hydrogens is 298 g/mol. The van der Waals surface area contributed by atoms with E-state index in [4.69, 9.17) is 0 Å². The van der Waals surface area contributed by atoms with E-state index in [0.717, 1.165) is 22.9 Å². The van der Waals surface area contributed by atoms with Crippen LogP contribution in [-0.2, 0) is 4.79 Å². The van der Waals surface area contributed by atoms with E-state index in [1.54, 1.807) is 12.4 Å². The van der Waals surface area contributed by atoms with Gasteiger partial charge in [0.05, 0.1) is 11.7 Å². The van der Waals surface area contributed by atoms with Gasteiger partial charge in [-0.15, -0.1) is 0 Å². The minimum Gasteiger partial charge on any atom is -0.273 e. The molecule has 0 unspecified atom stereocenters. The van der Waals surface area contributed by atoms with Crippen molar-refractivity contribution in [3.05, 3.63) is 78.0 Å². The predicted molar refractivity (Wildman–Crippen MR) is 94.8 cm³/mol. The Bertz CT molecular complexity index is 900. The van der Waals surface area contributed by atoms with Crippen molar-refractivity contribution in [2.75, 3.05) is 0 Å². The fourth-order valence-electron chi connectivity index (χ4n) is 3.03. The Morgan fingerprint density at radius 2 is 1.88 bits per heavy atom. The molecule has 1 heterocycles. The number of benzene rings is 2. The number of aromatic nitrogens is 1. The van der Waals surface area contributed by atoms with E-state index < -0.39 is 0 Å². The molecule has 1 aromatic heterocycles. The zero-order chi connectivity index (χ0) is 16.4. The van der Waals surface area contributed by atoms with Crippen molar-refractivity contribution in [2.45, 2.75) is 12.3 Å². The number of amides is 1. The minimum atomic E-state index is -0.0153. The molecule has 24 heavy (non-hydrogen) atoms. The van der Waals surface area contributed by atoms with Gasteiger partial charge in [-0.2, -0.15) is 5.10 Å². The summed E-state index contributed by atoms with van der Waals surface area (Å²) in [5.41, 5.74) is 5.75. The third-order valence-electron chi connectivity index (χ3n) is 4.42. The summed E-state index contributed by atoms with van der Waals surface area (Å²) in [6, 6.07) is 19.9. The summed E-state index contributed by atoms with van der Waals surface area (Å²) in [5.74, 6) is 0.334. The Hall–Kier alpha value is -3.01.